The summed E-state index contributed by atoms with van der Waals surface area (Å²) < 4.78 is 5.41. The number of nitrogens with zero attached hydrogens (tertiary/aromatic N) is 1. The Morgan fingerprint density at radius 2 is 2.25 bits per heavy atom. The molecule has 1 aliphatic heterocycles. The predicted octanol–water partition coefficient (Wildman–Crippen LogP) is 1.73. The summed E-state index contributed by atoms with van der Waals surface area (Å²) in [5, 5.41) is 8.80. The quantitative estimate of drug-likeness (QED) is 0.525. The highest BCUT2D eigenvalue weighted by atomic mass is 35.5. The van der Waals surface area contributed by atoms with Gasteiger partial charge in [0.05, 0.1) is 6.61 Å². The van der Waals surface area contributed by atoms with Crippen LogP contribution in [0.3, 0.4) is 0 Å². The first-order chi connectivity index (χ1) is 7.86. The number of alkyl halides is 1. The van der Waals surface area contributed by atoms with Gasteiger partial charge in [-0.05, 0) is 38.1 Å². The summed E-state index contributed by atoms with van der Waals surface area (Å²) in [6.45, 7) is 5.21. The van der Waals surface area contributed by atoms with E-state index in [0.29, 0.717) is 19.1 Å². The van der Waals surface area contributed by atoms with Crippen LogP contribution in [-0.4, -0.2) is 55.3 Å². The second kappa shape index (κ2) is 9.23. The number of ether oxygens (including phenoxy) is 1. The molecule has 0 bridgehead atoms. The van der Waals surface area contributed by atoms with Crippen LogP contribution < -0.4 is 0 Å². The molecule has 0 saturated carbocycles. The highest BCUT2D eigenvalue weighted by Gasteiger charge is 2.18. The Balaban J connectivity index is 2.07. The van der Waals surface area contributed by atoms with Crippen molar-refractivity contribution < 1.29 is 9.84 Å². The van der Waals surface area contributed by atoms with Crippen molar-refractivity contribution in [2.75, 3.05) is 45.3 Å². The second-order valence-corrected chi connectivity index (χ2v) is 4.85. The van der Waals surface area contributed by atoms with E-state index in [1.165, 1.54) is 25.9 Å². The number of hydrogen-bond acceptors (Lipinski definition) is 3. The molecule has 1 atom stereocenters. The molecule has 1 N–H and O–H groups in total. The molecule has 96 valence electrons. The maximum Gasteiger partial charge on any atom is 0.0601 e. The van der Waals surface area contributed by atoms with Crippen molar-refractivity contribution in [2.45, 2.75) is 25.7 Å². The third-order valence-electron chi connectivity index (χ3n) is 3.13. The van der Waals surface area contributed by atoms with Crippen molar-refractivity contribution in [2.24, 2.45) is 5.92 Å². The molecule has 0 aliphatic carbocycles. The number of aliphatic hydroxyl groups is 1. The molecule has 1 saturated heterocycles. The van der Waals surface area contributed by atoms with Crippen molar-refractivity contribution in [1.82, 2.24) is 4.90 Å². The van der Waals surface area contributed by atoms with Gasteiger partial charge in [-0.3, -0.25) is 0 Å². The minimum atomic E-state index is 0.306. The Labute approximate surface area is 104 Å². The van der Waals surface area contributed by atoms with Crippen molar-refractivity contribution in [1.29, 1.82) is 0 Å². The largest absolute Gasteiger partial charge is 0.396 e. The molecule has 1 rings (SSSR count). The molecule has 1 unspecified atom stereocenters. The van der Waals surface area contributed by atoms with Gasteiger partial charge in [0.25, 0.3) is 0 Å². The van der Waals surface area contributed by atoms with Crippen molar-refractivity contribution in [3.8, 4) is 0 Å². The maximum atomic E-state index is 8.80. The molecule has 1 fully saturated rings. The highest BCUT2D eigenvalue weighted by molar-refractivity contribution is 6.17. The first-order valence-electron chi connectivity index (χ1n) is 6.33. The SMILES string of the molecule is OCCCN1CCCC(CCOCCCl)C1. The van der Waals surface area contributed by atoms with Crippen molar-refractivity contribution in [3.05, 3.63) is 0 Å². The van der Waals surface area contributed by atoms with Crippen molar-refractivity contribution >= 4 is 11.6 Å². The topological polar surface area (TPSA) is 32.7 Å². The molecule has 1 aliphatic rings. The van der Waals surface area contributed by atoms with Crippen LogP contribution in [-0.2, 0) is 4.74 Å². The summed E-state index contributed by atoms with van der Waals surface area (Å²) in [5.74, 6) is 1.36. The molecule has 3 nitrogen and oxygen atoms in total. The number of rotatable bonds is 8. The Bertz CT molecular complexity index is 169. The number of piperidine rings is 1. The Kier molecular flexibility index (Phi) is 8.21. The van der Waals surface area contributed by atoms with Gasteiger partial charge in [0.15, 0.2) is 0 Å². The molecule has 1 heterocycles. The molecule has 16 heavy (non-hydrogen) atoms. The van der Waals surface area contributed by atoms with Crippen LogP contribution >= 0.6 is 11.6 Å². The fraction of sp³-hybridized carbons (Fsp3) is 1.00. The van der Waals surface area contributed by atoms with Crippen LogP contribution in [0.1, 0.15) is 25.7 Å². The van der Waals surface area contributed by atoms with E-state index < -0.39 is 0 Å². The van der Waals surface area contributed by atoms with Gasteiger partial charge in [0.2, 0.25) is 0 Å². The van der Waals surface area contributed by atoms with E-state index in [1.807, 2.05) is 0 Å². The van der Waals surface area contributed by atoms with Gasteiger partial charge in [-0.1, -0.05) is 0 Å². The zero-order valence-electron chi connectivity index (χ0n) is 10.0. The zero-order chi connectivity index (χ0) is 11.6. The third-order valence-corrected chi connectivity index (χ3v) is 3.28. The molecule has 0 spiro atoms. The zero-order valence-corrected chi connectivity index (χ0v) is 10.8. The lowest BCUT2D eigenvalue weighted by Crippen LogP contribution is -2.36. The fourth-order valence-electron chi connectivity index (χ4n) is 2.29. The van der Waals surface area contributed by atoms with Gasteiger partial charge in [0.1, 0.15) is 0 Å². The summed E-state index contributed by atoms with van der Waals surface area (Å²) in [4.78, 5) is 2.46. The smallest absolute Gasteiger partial charge is 0.0601 e. The lowest BCUT2D eigenvalue weighted by Gasteiger charge is -2.32. The van der Waals surface area contributed by atoms with Gasteiger partial charge in [-0.2, -0.15) is 0 Å². The molecule has 0 aromatic heterocycles. The molecule has 4 heteroatoms. The monoisotopic (exact) mass is 249 g/mol. The minimum Gasteiger partial charge on any atom is -0.396 e. The van der Waals surface area contributed by atoms with E-state index in [1.54, 1.807) is 0 Å². The third kappa shape index (κ3) is 6.04. The summed E-state index contributed by atoms with van der Waals surface area (Å²) >= 11 is 5.55. The van der Waals surface area contributed by atoms with E-state index in [9.17, 15) is 0 Å². The number of aliphatic hydroxyl groups excluding tert-OH is 1. The van der Waals surface area contributed by atoms with Crippen LogP contribution in [0.2, 0.25) is 0 Å². The van der Waals surface area contributed by atoms with E-state index in [-0.39, 0.29) is 0 Å². The molecular formula is C12H24ClNO2. The summed E-state index contributed by atoms with van der Waals surface area (Å²) in [5.41, 5.74) is 0. The fourth-order valence-corrected chi connectivity index (χ4v) is 2.40. The second-order valence-electron chi connectivity index (χ2n) is 4.48. The van der Waals surface area contributed by atoms with Gasteiger partial charge in [-0.15, -0.1) is 11.6 Å². The number of likely N-dealkylation sites (tertiary alicyclic amines) is 1. The Morgan fingerprint density at radius 3 is 3.00 bits per heavy atom. The molecule has 0 amide bonds. The highest BCUT2D eigenvalue weighted by Crippen LogP contribution is 2.19. The number of halogens is 1. The van der Waals surface area contributed by atoms with Crippen LogP contribution in [0.4, 0.5) is 0 Å². The summed E-state index contributed by atoms with van der Waals surface area (Å²) in [6, 6.07) is 0. The van der Waals surface area contributed by atoms with Gasteiger partial charge >= 0.3 is 0 Å². The van der Waals surface area contributed by atoms with E-state index >= 15 is 0 Å². The minimum absolute atomic E-state index is 0.306. The normalized spacial score (nSPS) is 22.5. The van der Waals surface area contributed by atoms with Gasteiger partial charge in [0, 0.05) is 32.2 Å². The Morgan fingerprint density at radius 1 is 1.38 bits per heavy atom. The molecule has 0 aromatic rings. The predicted molar refractivity (Wildman–Crippen MR) is 67.0 cm³/mol. The summed E-state index contributed by atoms with van der Waals surface area (Å²) in [7, 11) is 0. The average Bonchev–Trinajstić information content (AvgIpc) is 2.33. The summed E-state index contributed by atoms with van der Waals surface area (Å²) in [6.07, 6.45) is 4.65. The lowest BCUT2D eigenvalue weighted by atomic mass is 9.95. The van der Waals surface area contributed by atoms with E-state index in [4.69, 9.17) is 21.4 Å². The van der Waals surface area contributed by atoms with Gasteiger partial charge in [-0.25, -0.2) is 0 Å². The van der Waals surface area contributed by atoms with Crippen LogP contribution in [0.5, 0.6) is 0 Å². The lowest BCUT2D eigenvalue weighted by molar-refractivity contribution is 0.102. The first-order valence-corrected chi connectivity index (χ1v) is 6.87. The van der Waals surface area contributed by atoms with E-state index in [2.05, 4.69) is 4.90 Å². The molecule has 0 aromatic carbocycles. The molecule has 0 radical (unpaired) electrons. The average molecular weight is 250 g/mol. The van der Waals surface area contributed by atoms with E-state index in [0.717, 1.165) is 31.9 Å². The first kappa shape index (κ1) is 14.2. The molecular weight excluding hydrogens is 226 g/mol. The van der Waals surface area contributed by atoms with Crippen molar-refractivity contribution in [3.63, 3.8) is 0 Å². The Hall–Kier alpha value is 0.170. The van der Waals surface area contributed by atoms with Crippen LogP contribution in [0.25, 0.3) is 0 Å². The van der Waals surface area contributed by atoms with Gasteiger partial charge < -0.3 is 14.7 Å². The van der Waals surface area contributed by atoms with Crippen LogP contribution in [0.15, 0.2) is 0 Å². The van der Waals surface area contributed by atoms with Crippen LogP contribution in [0, 0.1) is 5.92 Å². The maximum absolute atomic E-state index is 8.80. The standard InChI is InChI=1S/C12H24ClNO2/c13-5-10-16-9-4-12-3-1-6-14(11-12)7-2-8-15/h12,15H,1-11H2. The number of hydrogen-bond donors (Lipinski definition) is 1.